The van der Waals surface area contributed by atoms with Gasteiger partial charge in [0.15, 0.2) is 0 Å². The van der Waals surface area contributed by atoms with Crippen LogP contribution in [-0.2, 0) is 6.54 Å². The molecule has 2 nitrogen and oxygen atoms in total. The normalized spacial score (nSPS) is 26.1. The highest BCUT2D eigenvalue weighted by molar-refractivity contribution is 6.35. The molecule has 0 spiro atoms. The van der Waals surface area contributed by atoms with Crippen molar-refractivity contribution < 1.29 is 5.11 Å². The van der Waals surface area contributed by atoms with Crippen molar-refractivity contribution in [1.29, 1.82) is 0 Å². The number of hydrogen-bond donors (Lipinski definition) is 1. The molecule has 0 amide bonds. The monoisotopic (exact) mass is 273 g/mol. The molecule has 1 saturated heterocycles. The predicted molar refractivity (Wildman–Crippen MR) is 71.6 cm³/mol. The smallest absolute Gasteiger partial charge is 0.0746 e. The zero-order valence-electron chi connectivity index (χ0n) is 9.92. The van der Waals surface area contributed by atoms with Crippen LogP contribution in [0.2, 0.25) is 10.0 Å². The number of β-amino-alcohol motifs (C(OH)–C–C–N with tert-alkyl or cyclic N) is 1. The third-order valence-electron chi connectivity index (χ3n) is 3.20. The maximum atomic E-state index is 10.1. The van der Waals surface area contributed by atoms with Crippen LogP contribution in [0.15, 0.2) is 18.2 Å². The number of piperidine rings is 1. The van der Waals surface area contributed by atoms with E-state index in [2.05, 4.69) is 4.90 Å². The number of nitrogens with zero attached hydrogens (tertiary/aromatic N) is 1. The highest BCUT2D eigenvalue weighted by Gasteiger charge is 2.28. The highest BCUT2D eigenvalue weighted by atomic mass is 35.5. The maximum Gasteiger partial charge on any atom is 0.0746 e. The Morgan fingerprint density at radius 2 is 2.00 bits per heavy atom. The standard InChI is InChI=1S/C13H17Cl2NO/c1-13(17)6-3-7-16(9-13)8-10-11(14)4-2-5-12(10)15/h2,4-5,17H,3,6-9H2,1H3. The molecular weight excluding hydrogens is 257 g/mol. The van der Waals surface area contributed by atoms with Crippen LogP contribution in [0, 0.1) is 0 Å². The van der Waals surface area contributed by atoms with E-state index >= 15 is 0 Å². The first-order valence-electron chi connectivity index (χ1n) is 5.85. The summed E-state index contributed by atoms with van der Waals surface area (Å²) in [5.74, 6) is 0. The molecule has 1 aliphatic rings. The molecule has 17 heavy (non-hydrogen) atoms. The van der Waals surface area contributed by atoms with Gasteiger partial charge in [0.25, 0.3) is 0 Å². The van der Waals surface area contributed by atoms with Gasteiger partial charge in [0, 0.05) is 28.7 Å². The molecule has 1 aromatic rings. The van der Waals surface area contributed by atoms with Crippen LogP contribution in [-0.4, -0.2) is 28.7 Å². The molecular formula is C13H17Cl2NO. The van der Waals surface area contributed by atoms with E-state index in [1.165, 1.54) is 0 Å². The molecule has 1 N–H and O–H groups in total. The van der Waals surface area contributed by atoms with Crippen molar-refractivity contribution in [2.45, 2.75) is 31.9 Å². The van der Waals surface area contributed by atoms with Crippen LogP contribution in [0.1, 0.15) is 25.3 Å². The van der Waals surface area contributed by atoms with Gasteiger partial charge < -0.3 is 5.11 Å². The summed E-state index contributed by atoms with van der Waals surface area (Å²) in [6, 6.07) is 5.55. The molecule has 0 saturated carbocycles. The number of hydrogen-bond acceptors (Lipinski definition) is 2. The second-order valence-corrected chi connectivity index (χ2v) is 5.83. The number of aliphatic hydroxyl groups is 1. The summed E-state index contributed by atoms with van der Waals surface area (Å²) >= 11 is 12.3. The third-order valence-corrected chi connectivity index (χ3v) is 3.91. The third kappa shape index (κ3) is 3.35. The van der Waals surface area contributed by atoms with Gasteiger partial charge >= 0.3 is 0 Å². The van der Waals surface area contributed by atoms with Gasteiger partial charge in [-0.2, -0.15) is 0 Å². The molecule has 0 bridgehead atoms. The Bertz CT molecular complexity index is 386. The first-order chi connectivity index (χ1) is 7.98. The lowest BCUT2D eigenvalue weighted by molar-refractivity contribution is -0.0181. The number of rotatable bonds is 2. The van der Waals surface area contributed by atoms with Gasteiger partial charge in [0.1, 0.15) is 0 Å². The predicted octanol–water partition coefficient (Wildman–Crippen LogP) is 3.34. The van der Waals surface area contributed by atoms with Gasteiger partial charge in [-0.05, 0) is 38.4 Å². The Kier molecular flexibility index (Phi) is 3.99. The molecule has 4 heteroatoms. The average Bonchev–Trinajstić information content (AvgIpc) is 2.22. The first-order valence-corrected chi connectivity index (χ1v) is 6.61. The van der Waals surface area contributed by atoms with Gasteiger partial charge in [-0.1, -0.05) is 29.3 Å². The fraction of sp³-hybridized carbons (Fsp3) is 0.538. The Balaban J connectivity index is 2.10. The van der Waals surface area contributed by atoms with E-state index in [0.717, 1.165) is 24.9 Å². The lowest BCUT2D eigenvalue weighted by Crippen LogP contribution is -2.45. The summed E-state index contributed by atoms with van der Waals surface area (Å²) in [7, 11) is 0. The fourth-order valence-electron chi connectivity index (χ4n) is 2.37. The maximum absolute atomic E-state index is 10.1. The lowest BCUT2D eigenvalue weighted by Gasteiger charge is -2.37. The number of halogens is 2. The van der Waals surface area contributed by atoms with Crippen LogP contribution in [0.3, 0.4) is 0 Å². The molecule has 1 atom stereocenters. The Morgan fingerprint density at radius 3 is 2.59 bits per heavy atom. The van der Waals surface area contributed by atoms with E-state index in [1.54, 1.807) is 0 Å². The van der Waals surface area contributed by atoms with Crippen LogP contribution in [0.4, 0.5) is 0 Å². The SMILES string of the molecule is CC1(O)CCCN(Cc2c(Cl)cccc2Cl)C1. The van der Waals surface area contributed by atoms with Gasteiger partial charge in [-0.25, -0.2) is 0 Å². The molecule has 0 aliphatic carbocycles. The van der Waals surface area contributed by atoms with Gasteiger partial charge in [0.2, 0.25) is 0 Å². The molecule has 0 radical (unpaired) electrons. The molecule has 1 aliphatic heterocycles. The molecule has 1 aromatic carbocycles. The quantitative estimate of drug-likeness (QED) is 0.894. The van der Waals surface area contributed by atoms with Gasteiger partial charge in [-0.3, -0.25) is 4.90 Å². The average molecular weight is 274 g/mol. The minimum Gasteiger partial charge on any atom is -0.389 e. The summed E-state index contributed by atoms with van der Waals surface area (Å²) in [5, 5.41) is 11.4. The summed E-state index contributed by atoms with van der Waals surface area (Å²) in [6.07, 6.45) is 1.87. The van der Waals surface area contributed by atoms with Crippen molar-refractivity contribution in [3.8, 4) is 0 Å². The van der Waals surface area contributed by atoms with Crippen molar-refractivity contribution in [1.82, 2.24) is 4.90 Å². The molecule has 1 unspecified atom stereocenters. The van der Waals surface area contributed by atoms with E-state index in [1.807, 2.05) is 25.1 Å². The van der Waals surface area contributed by atoms with Crippen LogP contribution >= 0.6 is 23.2 Å². The van der Waals surface area contributed by atoms with Gasteiger partial charge in [0.05, 0.1) is 5.60 Å². The molecule has 1 heterocycles. The van der Waals surface area contributed by atoms with Crippen LogP contribution in [0.5, 0.6) is 0 Å². The van der Waals surface area contributed by atoms with Crippen LogP contribution < -0.4 is 0 Å². The second-order valence-electron chi connectivity index (χ2n) is 5.01. The van der Waals surface area contributed by atoms with Crippen molar-refractivity contribution in [2.75, 3.05) is 13.1 Å². The van der Waals surface area contributed by atoms with E-state index < -0.39 is 5.60 Å². The van der Waals surface area contributed by atoms with Crippen molar-refractivity contribution in [3.05, 3.63) is 33.8 Å². The number of likely N-dealkylation sites (tertiary alicyclic amines) is 1. The zero-order chi connectivity index (χ0) is 12.5. The topological polar surface area (TPSA) is 23.5 Å². The summed E-state index contributed by atoms with van der Waals surface area (Å²) in [6.45, 7) is 4.24. The minimum atomic E-state index is -0.591. The molecule has 1 fully saturated rings. The van der Waals surface area contributed by atoms with E-state index in [-0.39, 0.29) is 0 Å². The number of benzene rings is 1. The molecule has 2 rings (SSSR count). The minimum absolute atomic E-state index is 0.591. The van der Waals surface area contributed by atoms with Crippen molar-refractivity contribution in [2.24, 2.45) is 0 Å². The summed E-state index contributed by atoms with van der Waals surface area (Å²) in [5.41, 5.74) is 0.361. The fourth-order valence-corrected chi connectivity index (χ4v) is 2.88. The Labute approximate surface area is 112 Å². The second kappa shape index (κ2) is 5.15. The Morgan fingerprint density at radius 1 is 1.35 bits per heavy atom. The van der Waals surface area contributed by atoms with E-state index in [0.29, 0.717) is 23.1 Å². The van der Waals surface area contributed by atoms with Gasteiger partial charge in [-0.15, -0.1) is 0 Å². The van der Waals surface area contributed by atoms with Crippen LogP contribution in [0.25, 0.3) is 0 Å². The first kappa shape index (κ1) is 13.2. The molecule has 94 valence electrons. The lowest BCUT2D eigenvalue weighted by atomic mass is 9.95. The van der Waals surface area contributed by atoms with Crippen molar-refractivity contribution >= 4 is 23.2 Å². The Hall–Kier alpha value is -0.280. The zero-order valence-corrected chi connectivity index (χ0v) is 11.4. The highest BCUT2D eigenvalue weighted by Crippen LogP contribution is 2.28. The summed E-state index contributed by atoms with van der Waals surface area (Å²) in [4.78, 5) is 2.20. The van der Waals surface area contributed by atoms with E-state index in [9.17, 15) is 5.11 Å². The van der Waals surface area contributed by atoms with E-state index in [4.69, 9.17) is 23.2 Å². The summed E-state index contributed by atoms with van der Waals surface area (Å²) < 4.78 is 0. The molecule has 0 aromatic heterocycles. The largest absolute Gasteiger partial charge is 0.389 e. The van der Waals surface area contributed by atoms with Crippen molar-refractivity contribution in [3.63, 3.8) is 0 Å².